The summed E-state index contributed by atoms with van der Waals surface area (Å²) in [7, 11) is 0. The Balaban J connectivity index is 2.92. The molecular formula is HIN2S. The Morgan fingerprint density at radius 1 is 2.25 bits per heavy atom. The van der Waals surface area contributed by atoms with Gasteiger partial charge in [-0.2, -0.15) is 0 Å². The minimum atomic E-state index is -0.788. The van der Waals surface area contributed by atoms with E-state index in [0.29, 0.717) is 0 Å². The molecule has 4 heavy (non-hydrogen) atoms. The number of hydrogen-bond donors (Lipinski definition) is 0. The second kappa shape index (κ2) is 3.55. The van der Waals surface area contributed by atoms with E-state index in [1.807, 2.05) is 0 Å². The largest absolute Gasteiger partial charge is 0.124 e. The SMILES string of the molecule is [2H]I=NN=S. The highest BCUT2D eigenvalue weighted by Gasteiger charge is 1.30. The van der Waals surface area contributed by atoms with E-state index in [9.17, 15) is 0 Å². The first-order valence-corrected chi connectivity index (χ1v) is 1.88. The van der Waals surface area contributed by atoms with Gasteiger partial charge in [0.05, 0.1) is 12.4 Å². The van der Waals surface area contributed by atoms with Crippen molar-refractivity contribution in [2.24, 2.45) is 7.73 Å². The Kier molecular flexibility index (Phi) is 2.46. The fourth-order valence-electron chi connectivity index (χ4n) is 0. The molecule has 0 fully saturated rings. The van der Waals surface area contributed by atoms with E-state index >= 15 is 0 Å². The minimum absolute atomic E-state index is 0.788. The molecule has 0 heterocycles. The molecule has 0 saturated carbocycles. The lowest BCUT2D eigenvalue weighted by Crippen LogP contribution is -1.16. The second-order valence-corrected chi connectivity index (χ2v) is 0.752. The molecule has 0 atom stereocenters. The Morgan fingerprint density at radius 2 is 3.00 bits per heavy atom. The lowest BCUT2D eigenvalue weighted by atomic mass is 13.0. The summed E-state index contributed by atoms with van der Waals surface area (Å²) >= 11 is 3.23. The monoisotopic (exact) mass is 189 g/mol. The first-order chi connectivity index (χ1) is 2.41. The van der Waals surface area contributed by atoms with Crippen molar-refractivity contribution in [3.8, 4) is 0 Å². The standard InChI is InChI=1S/HIN2S/c1-2-3-4/h1H/i1D. The van der Waals surface area contributed by atoms with Crippen LogP contribution in [0.1, 0.15) is 0 Å². The van der Waals surface area contributed by atoms with Crippen molar-refractivity contribution in [1.29, 1.82) is 0.594 Å². The summed E-state index contributed by atoms with van der Waals surface area (Å²) in [5.41, 5.74) is 0. The van der Waals surface area contributed by atoms with Gasteiger partial charge in [0.1, 0.15) is 0.594 Å². The number of nitrogens with zero attached hydrogens (tertiary/aromatic N) is 2. The molecule has 0 aromatic carbocycles. The van der Waals surface area contributed by atoms with Crippen LogP contribution in [0.4, 0.5) is 0 Å². The van der Waals surface area contributed by atoms with Crippen LogP contribution in [0, 0.1) is 0 Å². The van der Waals surface area contributed by atoms with E-state index in [4.69, 9.17) is 0.594 Å². The first-order valence-electron chi connectivity index (χ1n) is 0.930. The predicted octanol–water partition coefficient (Wildman–Crippen LogP) is 0.983. The average molecular weight is 189 g/mol. The molecule has 4 heteroatoms. The highest BCUT2D eigenvalue weighted by atomic mass is 127. The number of halogens is 1. The minimum Gasteiger partial charge on any atom is -0.120 e. The van der Waals surface area contributed by atoms with Crippen LogP contribution in [0.3, 0.4) is 0 Å². The topological polar surface area (TPSA) is 24.7 Å². The Hall–Kier alpha value is 0.550. The molecular weight excluding hydrogens is 187 g/mol. The molecule has 0 aromatic rings. The van der Waals surface area contributed by atoms with Crippen LogP contribution in [0.5, 0.6) is 0 Å². The van der Waals surface area contributed by atoms with Gasteiger partial charge in [-0.15, -0.1) is 3.25 Å². The van der Waals surface area contributed by atoms with Gasteiger partial charge in [-0.05, 0) is 0 Å². The molecule has 0 aliphatic carbocycles. The van der Waals surface area contributed by atoms with E-state index in [-0.39, 0.29) is 0 Å². The zero-order valence-corrected chi connectivity index (χ0v) is 4.65. The third kappa shape index (κ3) is 2.55. The lowest BCUT2D eigenvalue weighted by Gasteiger charge is -1.44. The van der Waals surface area contributed by atoms with Gasteiger partial charge in [0.25, 0.3) is 0 Å². The number of rotatable bonds is 1. The Morgan fingerprint density at radius 3 is 3.00 bits per heavy atom. The van der Waals surface area contributed by atoms with Crippen LogP contribution in [0.25, 0.3) is 0 Å². The van der Waals surface area contributed by atoms with Crippen LogP contribution in [-0.2, 0) is 12.4 Å². The van der Waals surface area contributed by atoms with E-state index in [2.05, 4.69) is 20.2 Å². The lowest BCUT2D eigenvalue weighted by molar-refractivity contribution is 1.37. The van der Waals surface area contributed by atoms with Crippen LogP contribution >= 0.6 is 22.2 Å². The maximum Gasteiger partial charge on any atom is 0.124 e. The van der Waals surface area contributed by atoms with E-state index in [1.165, 1.54) is 0 Å². The summed E-state index contributed by atoms with van der Waals surface area (Å²) < 4.78 is 12.5. The third-order valence-electron chi connectivity index (χ3n) is 0.0309. The fourth-order valence-corrected chi connectivity index (χ4v) is 0. The van der Waals surface area contributed by atoms with Crippen molar-refractivity contribution in [3.63, 3.8) is 0 Å². The summed E-state index contributed by atoms with van der Waals surface area (Å²) in [5.74, 6) is 0. The van der Waals surface area contributed by atoms with Gasteiger partial charge in [-0.3, -0.25) is 0 Å². The molecule has 24 valence electrons. The normalized spacial score (nSPS) is 13.5. The van der Waals surface area contributed by atoms with Gasteiger partial charge < -0.3 is 0 Å². The van der Waals surface area contributed by atoms with Crippen molar-refractivity contribution in [2.45, 2.75) is 0 Å². The highest BCUT2D eigenvalue weighted by molar-refractivity contribution is 14.1. The van der Waals surface area contributed by atoms with Gasteiger partial charge in [0.15, 0.2) is 0 Å². The van der Waals surface area contributed by atoms with E-state index in [0.717, 1.165) is 0 Å². The molecule has 0 amide bonds. The fraction of sp³-hybridized carbons (Fsp3) is 0. The van der Waals surface area contributed by atoms with Gasteiger partial charge in [-0.1, -0.05) is 4.47 Å². The first kappa shape index (κ1) is 2.77. The van der Waals surface area contributed by atoms with Gasteiger partial charge in [0.2, 0.25) is 0 Å². The molecule has 0 rings (SSSR count). The molecule has 0 saturated heterocycles. The maximum absolute atomic E-state index is 6.39. The Bertz CT molecular complexity index is 51.6. The summed E-state index contributed by atoms with van der Waals surface area (Å²) in [4.78, 5) is 0. The Labute approximate surface area is 43.2 Å². The molecule has 2 nitrogen and oxygen atoms in total. The molecule has 0 unspecified atom stereocenters. The van der Waals surface area contributed by atoms with E-state index in [1.54, 1.807) is 0 Å². The van der Waals surface area contributed by atoms with E-state index < -0.39 is 22.2 Å². The molecule has 0 aliphatic heterocycles. The quantitative estimate of drug-likeness (QED) is 0.445. The van der Waals surface area contributed by atoms with Crippen molar-refractivity contribution in [1.82, 2.24) is 0 Å². The highest BCUT2D eigenvalue weighted by Crippen LogP contribution is 1.67. The van der Waals surface area contributed by atoms with Crippen LogP contribution < -0.4 is 0 Å². The van der Waals surface area contributed by atoms with Crippen molar-refractivity contribution >= 4 is 34.6 Å². The molecule has 0 bridgehead atoms. The zero-order valence-electron chi connectivity index (χ0n) is 2.68. The number of hydrogen-bond acceptors (Lipinski definition) is 2. The molecule has 0 aliphatic rings. The van der Waals surface area contributed by atoms with Gasteiger partial charge in [0, 0.05) is 22.2 Å². The average Bonchev–Trinajstić information content (AvgIpc) is 1.41. The van der Waals surface area contributed by atoms with Crippen LogP contribution in [0.15, 0.2) is 7.73 Å². The predicted molar refractivity (Wildman–Crippen MR) is 27.6 cm³/mol. The maximum atomic E-state index is 6.39. The molecule has 0 aromatic heterocycles. The molecule has 0 radical (unpaired) electrons. The second-order valence-electron chi connectivity index (χ2n) is 0.157. The molecule has 0 spiro atoms. The summed E-state index contributed by atoms with van der Waals surface area (Å²) in [6.07, 6.45) is 0. The summed E-state index contributed by atoms with van der Waals surface area (Å²) in [5, 5.41) is 0. The van der Waals surface area contributed by atoms with Gasteiger partial charge in [-0.25, -0.2) is 0 Å². The smallest absolute Gasteiger partial charge is 0.120 e. The summed E-state index contributed by atoms with van der Waals surface area (Å²) in [6.45, 7) is 0. The zero-order chi connectivity index (χ0) is 4.12. The third-order valence-corrected chi connectivity index (χ3v) is 0.621. The van der Waals surface area contributed by atoms with Crippen LogP contribution in [0.2, 0.25) is 0 Å². The van der Waals surface area contributed by atoms with Crippen molar-refractivity contribution in [2.75, 3.05) is 0 Å². The summed E-state index contributed by atoms with van der Waals surface area (Å²) in [6, 6.07) is 0. The molecule has 0 N–H and O–H groups in total. The van der Waals surface area contributed by atoms with Crippen LogP contribution in [-0.4, -0.2) is 0.594 Å². The van der Waals surface area contributed by atoms with Gasteiger partial charge >= 0.3 is 0 Å². The van der Waals surface area contributed by atoms with Crippen molar-refractivity contribution < 1.29 is 0 Å². The van der Waals surface area contributed by atoms with Crippen molar-refractivity contribution in [3.05, 3.63) is 0 Å².